The largest absolute Gasteiger partial charge is 0.396 e. The summed E-state index contributed by atoms with van der Waals surface area (Å²) in [6.45, 7) is 11.8. The Morgan fingerprint density at radius 3 is 1.57 bits per heavy atom. The van der Waals surface area contributed by atoms with E-state index in [1.54, 1.807) is 22.7 Å². The second-order valence-corrected chi connectivity index (χ2v) is 15.8. The number of aliphatic hydroxyl groups is 1. The Hall–Kier alpha value is -4.66. The number of hydrogen-bond acceptors (Lipinski definition) is 19. The molecule has 19 heteroatoms. The molecule has 0 amide bonds. The zero-order valence-electron chi connectivity index (χ0n) is 29.9. The summed E-state index contributed by atoms with van der Waals surface area (Å²) in [5.74, 6) is 1.01. The van der Waals surface area contributed by atoms with E-state index in [4.69, 9.17) is 15.0 Å². The second-order valence-electron chi connectivity index (χ2n) is 11.5. The van der Waals surface area contributed by atoms with E-state index in [9.17, 15) is 5.11 Å². The molecule has 5 aromatic heterocycles. The molecule has 0 aliphatic carbocycles. The van der Waals surface area contributed by atoms with Crippen LogP contribution in [0.15, 0.2) is 84.9 Å². The molecular formula is C35H37N13OS5. The molecule has 0 spiro atoms. The van der Waals surface area contributed by atoms with Gasteiger partial charge in [-0.3, -0.25) is 0 Å². The van der Waals surface area contributed by atoms with Gasteiger partial charge in [0.1, 0.15) is 21.0 Å². The number of thiophene rings is 2. The van der Waals surface area contributed by atoms with Crippen LogP contribution >= 0.6 is 57.5 Å². The molecule has 278 valence electrons. The Labute approximate surface area is 332 Å². The maximum atomic E-state index is 9.66. The minimum Gasteiger partial charge on any atom is -0.396 e. The van der Waals surface area contributed by atoms with Gasteiger partial charge in [-0.15, -0.1) is 43.1 Å². The van der Waals surface area contributed by atoms with Crippen molar-refractivity contribution in [3.8, 4) is 0 Å². The number of anilines is 6. The Morgan fingerprint density at radius 1 is 0.648 bits per heavy atom. The van der Waals surface area contributed by atoms with Gasteiger partial charge in [0.2, 0.25) is 11.9 Å². The standard InChI is InChI=1S/C35H37N13OS5/c1-5-47(6-2)21-9-11-25(41-43-29-23-13-16-50-31(23)45-53-29)27(19-21)36-33-38-34(40-35(39-33)52-18-15-49)37-28-20-22(48(7-3)8-4)10-12-26(28)42-44-30-24-14-17-51-32(24)46-54-30/h9-14,16-17,19-20,49H,5-8,15,18H2,1-4H3,(H2,36,37,38,39,40)/b43-41+,44-42+. The summed E-state index contributed by atoms with van der Waals surface area (Å²) < 4.78 is 8.99. The molecule has 2 aromatic carbocycles. The number of fused-ring (bicyclic) bond motifs is 2. The number of nitrogens with one attached hydrogen (secondary N) is 2. The van der Waals surface area contributed by atoms with Gasteiger partial charge in [-0.1, -0.05) is 11.8 Å². The lowest BCUT2D eigenvalue weighted by molar-refractivity contribution is 0.322. The van der Waals surface area contributed by atoms with Gasteiger partial charge in [-0.05, 0) is 110 Å². The Balaban J connectivity index is 1.26. The van der Waals surface area contributed by atoms with Gasteiger partial charge in [0.25, 0.3) is 0 Å². The zero-order valence-corrected chi connectivity index (χ0v) is 34.0. The molecule has 14 nitrogen and oxygen atoms in total. The van der Waals surface area contributed by atoms with E-state index < -0.39 is 0 Å². The van der Waals surface area contributed by atoms with Crippen LogP contribution in [0.25, 0.3) is 20.4 Å². The van der Waals surface area contributed by atoms with E-state index in [0.29, 0.717) is 45.6 Å². The van der Waals surface area contributed by atoms with Crippen LogP contribution in [0.2, 0.25) is 0 Å². The van der Waals surface area contributed by atoms with Crippen LogP contribution in [-0.2, 0) is 0 Å². The Morgan fingerprint density at radius 2 is 1.13 bits per heavy atom. The van der Waals surface area contributed by atoms with Gasteiger partial charge in [-0.2, -0.15) is 23.7 Å². The molecule has 3 N–H and O–H groups in total. The molecule has 5 heterocycles. The number of aliphatic hydroxyl groups excluding tert-OH is 1. The first-order chi connectivity index (χ1) is 26.5. The van der Waals surface area contributed by atoms with Crippen molar-refractivity contribution >= 4 is 134 Å². The fraction of sp³-hybridized carbons (Fsp3) is 0.286. The molecular weight excluding hydrogens is 779 g/mol. The van der Waals surface area contributed by atoms with E-state index in [1.807, 2.05) is 59.3 Å². The summed E-state index contributed by atoms with van der Waals surface area (Å²) >= 11 is 7.13. The first kappa shape index (κ1) is 37.6. The van der Waals surface area contributed by atoms with Gasteiger partial charge in [0.15, 0.2) is 15.2 Å². The number of azo groups is 2. The maximum absolute atomic E-state index is 9.66. The lowest BCUT2D eigenvalue weighted by atomic mass is 10.2. The van der Waals surface area contributed by atoms with Crippen molar-refractivity contribution in [2.24, 2.45) is 20.5 Å². The average Bonchev–Trinajstić information content (AvgIpc) is 3.99. The molecule has 7 rings (SSSR count). The van der Waals surface area contributed by atoms with Crippen LogP contribution in [0.4, 0.5) is 56.0 Å². The smallest absolute Gasteiger partial charge is 0.233 e. The normalized spacial score (nSPS) is 11.8. The maximum Gasteiger partial charge on any atom is 0.233 e. The van der Waals surface area contributed by atoms with Gasteiger partial charge < -0.3 is 25.5 Å². The van der Waals surface area contributed by atoms with Gasteiger partial charge >= 0.3 is 0 Å². The summed E-state index contributed by atoms with van der Waals surface area (Å²) in [6.07, 6.45) is 0. The van der Waals surface area contributed by atoms with Crippen molar-refractivity contribution in [2.75, 3.05) is 59.0 Å². The zero-order chi connectivity index (χ0) is 37.4. The number of thioether (sulfide) groups is 1. The summed E-state index contributed by atoms with van der Waals surface area (Å²) in [4.78, 5) is 20.7. The minimum absolute atomic E-state index is 0.0290. The highest BCUT2D eigenvalue weighted by Gasteiger charge is 2.16. The van der Waals surface area contributed by atoms with E-state index >= 15 is 0 Å². The highest BCUT2D eigenvalue weighted by molar-refractivity contribution is 7.99. The highest BCUT2D eigenvalue weighted by atomic mass is 32.2. The Kier molecular flexibility index (Phi) is 12.3. The van der Waals surface area contributed by atoms with Crippen LogP contribution in [0.3, 0.4) is 0 Å². The van der Waals surface area contributed by atoms with E-state index in [1.165, 1.54) is 34.8 Å². The van der Waals surface area contributed by atoms with Crippen molar-refractivity contribution in [3.05, 3.63) is 59.3 Å². The van der Waals surface area contributed by atoms with Crippen LogP contribution < -0.4 is 20.4 Å². The number of aromatic nitrogens is 5. The van der Waals surface area contributed by atoms with E-state index in [2.05, 4.69) is 77.3 Å². The second kappa shape index (κ2) is 17.7. The van der Waals surface area contributed by atoms with Crippen LogP contribution in [0, 0.1) is 0 Å². The van der Waals surface area contributed by atoms with Crippen LogP contribution in [-0.4, -0.2) is 67.3 Å². The lowest BCUT2D eigenvalue weighted by Gasteiger charge is -2.22. The summed E-state index contributed by atoms with van der Waals surface area (Å²) in [5, 5.41) is 42.9. The third kappa shape index (κ3) is 8.50. The first-order valence-corrected chi connectivity index (χ1v) is 21.6. The van der Waals surface area contributed by atoms with Crippen LogP contribution in [0.1, 0.15) is 27.7 Å². The van der Waals surface area contributed by atoms with Crippen molar-refractivity contribution in [1.82, 2.24) is 23.7 Å². The molecule has 0 atom stereocenters. The SMILES string of the molecule is CCN(CC)c1ccc(/N=N/c2snc3sccc23)c(Nc2nc(Nc3cc(N(CC)CC)ccc3/N=N/c3snc4sccc34)nc(SCCO)n2)c1. The third-order valence-corrected chi connectivity index (χ3v) is 12.5. The lowest BCUT2D eigenvalue weighted by Crippen LogP contribution is -2.21. The molecule has 0 fully saturated rings. The molecule has 54 heavy (non-hydrogen) atoms. The van der Waals surface area contributed by atoms with E-state index in [-0.39, 0.29) is 6.61 Å². The summed E-state index contributed by atoms with van der Waals surface area (Å²) in [5.41, 5.74) is 4.61. The first-order valence-electron chi connectivity index (χ1n) is 17.3. The van der Waals surface area contributed by atoms with E-state index in [0.717, 1.165) is 68.0 Å². The highest BCUT2D eigenvalue weighted by Crippen LogP contribution is 2.40. The van der Waals surface area contributed by atoms with Gasteiger partial charge in [-0.25, -0.2) is 0 Å². The molecule has 0 unspecified atom stereocenters. The Bertz CT molecular complexity index is 2230. The molecule has 0 saturated heterocycles. The molecule has 7 aromatic rings. The number of hydrogen-bond donors (Lipinski definition) is 3. The number of benzene rings is 2. The quantitative estimate of drug-likeness (QED) is 0.0591. The summed E-state index contributed by atoms with van der Waals surface area (Å²) in [7, 11) is 0. The van der Waals surface area contributed by atoms with Gasteiger partial charge in [0, 0.05) is 43.3 Å². The van der Waals surface area contributed by atoms with Crippen molar-refractivity contribution in [3.63, 3.8) is 0 Å². The topological polar surface area (TPSA) is 165 Å². The third-order valence-electron chi connectivity index (χ3n) is 8.33. The molecule has 0 saturated carbocycles. The number of nitrogens with zero attached hydrogens (tertiary/aromatic N) is 11. The predicted molar refractivity (Wildman–Crippen MR) is 228 cm³/mol. The van der Waals surface area contributed by atoms with Crippen molar-refractivity contribution in [2.45, 2.75) is 32.9 Å². The molecule has 0 radical (unpaired) electrons. The predicted octanol–water partition coefficient (Wildman–Crippen LogP) is 11.3. The fourth-order valence-corrected chi connectivity index (χ4v) is 9.32. The molecule has 0 bridgehead atoms. The van der Waals surface area contributed by atoms with Crippen LogP contribution in [0.5, 0.6) is 0 Å². The van der Waals surface area contributed by atoms with Gasteiger partial charge in [0.05, 0.1) is 28.8 Å². The van der Waals surface area contributed by atoms with Crippen molar-refractivity contribution < 1.29 is 5.11 Å². The fourth-order valence-electron chi connectivity index (χ4n) is 5.58. The molecule has 0 aliphatic rings. The summed E-state index contributed by atoms with van der Waals surface area (Å²) in [6, 6.07) is 16.0. The monoisotopic (exact) mass is 815 g/mol. The number of rotatable bonds is 17. The van der Waals surface area contributed by atoms with Crippen molar-refractivity contribution in [1.29, 1.82) is 0 Å². The average molecular weight is 816 g/mol. The molecule has 0 aliphatic heterocycles. The minimum atomic E-state index is -0.0290.